The number of carbonyl (C=O) groups is 4. The number of anilines is 2. The summed E-state index contributed by atoms with van der Waals surface area (Å²) >= 11 is 0. The first-order valence-corrected chi connectivity index (χ1v) is 14.0. The molecule has 0 fully saturated rings. The molecule has 0 aliphatic carbocycles. The van der Waals surface area contributed by atoms with E-state index in [-0.39, 0.29) is 17.0 Å². The van der Waals surface area contributed by atoms with E-state index < -0.39 is 23.7 Å². The number of benzene rings is 5. The van der Waals surface area contributed by atoms with Crippen molar-refractivity contribution in [3.63, 3.8) is 0 Å². The molecule has 0 heterocycles. The van der Waals surface area contributed by atoms with Gasteiger partial charge in [0.1, 0.15) is 11.5 Å². The second kappa shape index (κ2) is 14.3. The number of amides is 3. The Morgan fingerprint density at radius 3 is 2.22 bits per heavy atom. The number of ether oxygens (including phenoxy) is 2. The summed E-state index contributed by atoms with van der Waals surface area (Å²) in [4.78, 5) is 51.1. The number of hydrazone groups is 1. The molecule has 0 aliphatic rings. The van der Waals surface area contributed by atoms with Gasteiger partial charge in [-0.15, -0.1) is 0 Å². The van der Waals surface area contributed by atoms with Gasteiger partial charge in [0.2, 0.25) is 0 Å². The Balaban J connectivity index is 1.27. The number of fused-ring (bicyclic) bond motifs is 1. The number of rotatable bonds is 9. The molecular formula is C35H28N4O6. The third-order valence-electron chi connectivity index (χ3n) is 6.55. The zero-order valence-electron chi connectivity index (χ0n) is 24.2. The molecule has 0 atom stereocenters. The highest BCUT2D eigenvalue weighted by molar-refractivity contribution is 6.40. The predicted molar refractivity (Wildman–Crippen MR) is 172 cm³/mol. The summed E-state index contributed by atoms with van der Waals surface area (Å²) in [5.74, 6) is -2.27. The molecule has 0 aromatic heterocycles. The molecule has 0 aliphatic heterocycles. The zero-order valence-corrected chi connectivity index (χ0v) is 24.2. The average molecular weight is 601 g/mol. The van der Waals surface area contributed by atoms with Gasteiger partial charge >= 0.3 is 17.8 Å². The number of nitrogens with zero attached hydrogens (tertiary/aromatic N) is 1. The normalized spacial score (nSPS) is 10.7. The summed E-state index contributed by atoms with van der Waals surface area (Å²) in [5.41, 5.74) is 3.80. The van der Waals surface area contributed by atoms with Crippen molar-refractivity contribution in [3.05, 3.63) is 132 Å². The van der Waals surface area contributed by atoms with Gasteiger partial charge in [-0.05, 0) is 72.3 Å². The van der Waals surface area contributed by atoms with Crippen molar-refractivity contribution in [2.24, 2.45) is 5.10 Å². The predicted octanol–water partition coefficient (Wildman–Crippen LogP) is 5.80. The van der Waals surface area contributed by atoms with E-state index in [4.69, 9.17) is 9.47 Å². The summed E-state index contributed by atoms with van der Waals surface area (Å²) in [5, 5.41) is 10.7. The fourth-order valence-electron chi connectivity index (χ4n) is 4.41. The molecule has 0 bridgehead atoms. The lowest BCUT2D eigenvalue weighted by molar-refractivity contribution is -0.136. The first-order valence-electron chi connectivity index (χ1n) is 14.0. The van der Waals surface area contributed by atoms with Crippen LogP contribution in [-0.4, -0.2) is 36.5 Å². The molecule has 45 heavy (non-hydrogen) atoms. The highest BCUT2D eigenvalue weighted by atomic mass is 16.5. The largest absolute Gasteiger partial charge is 0.494 e. The second-order valence-corrected chi connectivity index (χ2v) is 9.56. The van der Waals surface area contributed by atoms with Crippen LogP contribution >= 0.6 is 0 Å². The van der Waals surface area contributed by atoms with Gasteiger partial charge in [0.15, 0.2) is 0 Å². The number of hydrogen-bond acceptors (Lipinski definition) is 7. The number of para-hydroxylation sites is 1. The van der Waals surface area contributed by atoms with Gasteiger partial charge in [-0.2, -0.15) is 5.10 Å². The van der Waals surface area contributed by atoms with Crippen LogP contribution in [0.1, 0.15) is 33.2 Å². The van der Waals surface area contributed by atoms with E-state index in [9.17, 15) is 19.2 Å². The van der Waals surface area contributed by atoms with Crippen LogP contribution in [0.4, 0.5) is 11.4 Å². The maximum absolute atomic E-state index is 13.0. The molecule has 0 radical (unpaired) electrons. The second-order valence-electron chi connectivity index (χ2n) is 9.56. The van der Waals surface area contributed by atoms with Gasteiger partial charge in [0.05, 0.1) is 29.6 Å². The fourth-order valence-corrected chi connectivity index (χ4v) is 4.41. The molecule has 0 unspecified atom stereocenters. The van der Waals surface area contributed by atoms with Gasteiger partial charge in [0, 0.05) is 11.3 Å². The van der Waals surface area contributed by atoms with Crippen molar-refractivity contribution in [1.29, 1.82) is 0 Å². The number of nitrogens with one attached hydrogen (secondary N) is 3. The van der Waals surface area contributed by atoms with Gasteiger partial charge < -0.3 is 20.1 Å². The Morgan fingerprint density at radius 1 is 0.733 bits per heavy atom. The topological polar surface area (TPSA) is 135 Å². The van der Waals surface area contributed by atoms with Crippen LogP contribution in [0.5, 0.6) is 11.5 Å². The molecular weight excluding hydrogens is 572 g/mol. The van der Waals surface area contributed by atoms with Crippen LogP contribution in [0.2, 0.25) is 0 Å². The third kappa shape index (κ3) is 7.57. The van der Waals surface area contributed by atoms with Crippen LogP contribution in [0.15, 0.2) is 120 Å². The van der Waals surface area contributed by atoms with Gasteiger partial charge in [-0.25, -0.2) is 10.2 Å². The lowest BCUT2D eigenvalue weighted by atomic mass is 10.0. The van der Waals surface area contributed by atoms with E-state index in [2.05, 4.69) is 21.2 Å². The first kappa shape index (κ1) is 30.2. The molecule has 3 amide bonds. The molecule has 10 nitrogen and oxygen atoms in total. The van der Waals surface area contributed by atoms with Crippen molar-refractivity contribution >= 4 is 52.1 Å². The molecule has 5 aromatic rings. The Morgan fingerprint density at radius 2 is 1.44 bits per heavy atom. The monoisotopic (exact) mass is 600 g/mol. The standard InChI is InChI=1S/C35H28N4O6/c1-2-44-26-19-17-25(18-20-26)37-32(40)28-14-8-9-15-30(28)38-33(41)34(42)39-36-22-29-27-13-7-6-10-23(27)16-21-31(29)45-35(43)24-11-4-3-5-12-24/h3-22H,2H2,1H3,(H,37,40)(H,38,41)(H,39,42)/b36-22+. The highest BCUT2D eigenvalue weighted by Gasteiger charge is 2.18. The molecule has 224 valence electrons. The first-order chi connectivity index (χ1) is 21.9. The number of esters is 1. The van der Waals surface area contributed by atoms with E-state index in [1.807, 2.05) is 31.2 Å². The van der Waals surface area contributed by atoms with E-state index in [1.54, 1.807) is 78.9 Å². The molecule has 5 rings (SSSR count). The van der Waals surface area contributed by atoms with E-state index in [0.29, 0.717) is 34.6 Å². The van der Waals surface area contributed by atoms with Crippen molar-refractivity contribution in [1.82, 2.24) is 5.43 Å². The van der Waals surface area contributed by atoms with Crippen molar-refractivity contribution in [2.75, 3.05) is 17.2 Å². The molecule has 3 N–H and O–H groups in total. The van der Waals surface area contributed by atoms with Crippen LogP contribution in [0.3, 0.4) is 0 Å². The summed E-state index contributed by atoms with van der Waals surface area (Å²) in [6.07, 6.45) is 1.30. The minimum Gasteiger partial charge on any atom is -0.494 e. The van der Waals surface area contributed by atoms with Gasteiger partial charge in [-0.1, -0.05) is 60.7 Å². The van der Waals surface area contributed by atoms with Crippen LogP contribution in [-0.2, 0) is 9.59 Å². The van der Waals surface area contributed by atoms with Crippen LogP contribution < -0.4 is 25.5 Å². The lowest BCUT2D eigenvalue weighted by Crippen LogP contribution is -2.33. The summed E-state index contributed by atoms with van der Waals surface area (Å²) in [6, 6.07) is 32.5. The van der Waals surface area contributed by atoms with Crippen LogP contribution in [0.25, 0.3) is 10.8 Å². The summed E-state index contributed by atoms with van der Waals surface area (Å²) in [6.45, 7) is 2.40. The van der Waals surface area contributed by atoms with E-state index >= 15 is 0 Å². The Hall–Kier alpha value is -6.29. The molecule has 0 saturated heterocycles. The van der Waals surface area contributed by atoms with Gasteiger partial charge in [-0.3, -0.25) is 14.4 Å². The minimum absolute atomic E-state index is 0.134. The molecule has 0 saturated carbocycles. The Bertz CT molecular complexity index is 1890. The quantitative estimate of drug-likeness (QED) is 0.0644. The Labute approximate surface area is 258 Å². The van der Waals surface area contributed by atoms with Crippen LogP contribution in [0, 0.1) is 0 Å². The van der Waals surface area contributed by atoms with E-state index in [1.165, 1.54) is 18.3 Å². The molecule has 0 spiro atoms. The smallest absolute Gasteiger partial charge is 0.343 e. The maximum atomic E-state index is 13.0. The molecule has 5 aromatic carbocycles. The Kier molecular flexibility index (Phi) is 9.56. The number of carbonyl (C=O) groups excluding carboxylic acids is 4. The van der Waals surface area contributed by atoms with Crippen molar-refractivity contribution < 1.29 is 28.7 Å². The lowest BCUT2D eigenvalue weighted by Gasteiger charge is -2.12. The minimum atomic E-state index is -1.07. The average Bonchev–Trinajstić information content (AvgIpc) is 3.07. The molecule has 10 heteroatoms. The SMILES string of the molecule is CCOc1ccc(NC(=O)c2ccccc2NC(=O)C(=O)N/N=C/c2c(OC(=O)c3ccccc3)ccc3ccccc23)cc1. The highest BCUT2D eigenvalue weighted by Crippen LogP contribution is 2.27. The third-order valence-corrected chi connectivity index (χ3v) is 6.55. The zero-order chi connectivity index (χ0) is 31.6. The van der Waals surface area contributed by atoms with Crippen molar-refractivity contribution in [2.45, 2.75) is 6.92 Å². The van der Waals surface area contributed by atoms with Gasteiger partial charge in [0.25, 0.3) is 5.91 Å². The van der Waals surface area contributed by atoms with Crippen molar-refractivity contribution in [3.8, 4) is 11.5 Å². The maximum Gasteiger partial charge on any atom is 0.343 e. The van der Waals surface area contributed by atoms with E-state index in [0.717, 1.165) is 5.39 Å². The summed E-state index contributed by atoms with van der Waals surface area (Å²) in [7, 11) is 0. The fraction of sp³-hybridized carbons (Fsp3) is 0.0571. The summed E-state index contributed by atoms with van der Waals surface area (Å²) < 4.78 is 11.1. The number of hydrogen-bond donors (Lipinski definition) is 3.